The van der Waals surface area contributed by atoms with Crippen molar-refractivity contribution in [2.24, 2.45) is 5.41 Å². The maximum Gasteiger partial charge on any atom is 0.145 e. The topological polar surface area (TPSA) is 9.23 Å². The lowest BCUT2D eigenvalue weighted by Crippen LogP contribution is -2.54. The normalized spacial score (nSPS) is 31.0. The average Bonchev–Trinajstić information content (AvgIpc) is 2.34. The van der Waals surface area contributed by atoms with Crippen molar-refractivity contribution >= 4 is 43.5 Å². The summed E-state index contributed by atoms with van der Waals surface area (Å²) in [5.74, 6) is 0.0590. The molecule has 1 saturated carbocycles. The molecule has 0 heterocycles. The van der Waals surface area contributed by atoms with Crippen molar-refractivity contribution in [3.63, 3.8) is 0 Å². The Bertz CT molecular complexity index is 469. The molecule has 1 aliphatic carbocycles. The second-order valence-electron chi connectivity index (χ2n) is 4.87. The highest BCUT2D eigenvalue weighted by molar-refractivity contribution is 9.10. The van der Waals surface area contributed by atoms with E-state index in [-0.39, 0.29) is 16.5 Å². The van der Waals surface area contributed by atoms with Gasteiger partial charge in [0.05, 0.1) is 9.50 Å². The van der Waals surface area contributed by atoms with Gasteiger partial charge in [0.15, 0.2) is 0 Å². The van der Waals surface area contributed by atoms with E-state index in [0.29, 0.717) is 15.0 Å². The highest BCUT2D eigenvalue weighted by Gasteiger charge is 2.51. The fourth-order valence-electron chi connectivity index (χ4n) is 2.15. The van der Waals surface area contributed by atoms with Crippen LogP contribution >= 0.6 is 43.5 Å². The number of alkyl halides is 1. The van der Waals surface area contributed by atoms with Crippen molar-refractivity contribution < 1.29 is 9.13 Å². The third-order valence-electron chi connectivity index (χ3n) is 3.88. The zero-order valence-corrected chi connectivity index (χ0v) is 14.1. The van der Waals surface area contributed by atoms with Gasteiger partial charge in [-0.25, -0.2) is 4.39 Å². The minimum atomic E-state index is -0.456. The summed E-state index contributed by atoms with van der Waals surface area (Å²) in [6.45, 7) is 4.32. The summed E-state index contributed by atoms with van der Waals surface area (Å²) in [5, 5.41) is 0.0967. The van der Waals surface area contributed by atoms with Crippen LogP contribution < -0.4 is 4.74 Å². The summed E-state index contributed by atoms with van der Waals surface area (Å²) >= 11 is 12.7. The minimum Gasteiger partial charge on any atom is -0.488 e. The second-order valence-corrected chi connectivity index (χ2v) is 7.23. The van der Waals surface area contributed by atoms with Crippen molar-refractivity contribution in [1.82, 2.24) is 0 Å². The van der Waals surface area contributed by atoms with Crippen molar-refractivity contribution in [3.8, 4) is 5.75 Å². The Morgan fingerprint density at radius 3 is 2.78 bits per heavy atom. The van der Waals surface area contributed by atoms with Crippen LogP contribution in [0.1, 0.15) is 26.7 Å². The summed E-state index contributed by atoms with van der Waals surface area (Å²) in [7, 11) is 0. The van der Waals surface area contributed by atoms with E-state index in [2.05, 4.69) is 45.7 Å². The predicted octanol–water partition coefficient (Wildman–Crippen LogP) is 5.57. The van der Waals surface area contributed by atoms with Crippen LogP contribution in [-0.2, 0) is 0 Å². The minimum absolute atomic E-state index is 0.0928. The molecule has 0 aliphatic heterocycles. The van der Waals surface area contributed by atoms with E-state index >= 15 is 0 Å². The molecule has 1 aromatic rings. The van der Waals surface area contributed by atoms with Gasteiger partial charge in [0.2, 0.25) is 0 Å². The van der Waals surface area contributed by atoms with E-state index in [1.807, 2.05) is 0 Å². The molecule has 3 unspecified atom stereocenters. The Morgan fingerprint density at radius 1 is 1.56 bits per heavy atom. The van der Waals surface area contributed by atoms with Gasteiger partial charge in [-0.05, 0) is 34.8 Å². The zero-order chi connectivity index (χ0) is 13.5. The van der Waals surface area contributed by atoms with E-state index in [4.69, 9.17) is 16.3 Å². The predicted molar refractivity (Wildman–Crippen MR) is 79.3 cm³/mol. The van der Waals surface area contributed by atoms with E-state index in [1.54, 1.807) is 0 Å². The molecule has 2 rings (SSSR count). The number of hydrogen-bond donors (Lipinski definition) is 0. The molecule has 0 aromatic heterocycles. The van der Waals surface area contributed by atoms with Gasteiger partial charge in [0, 0.05) is 16.3 Å². The van der Waals surface area contributed by atoms with Gasteiger partial charge in [0.1, 0.15) is 17.7 Å². The summed E-state index contributed by atoms with van der Waals surface area (Å²) in [5.41, 5.74) is 0.0928. The first kappa shape index (κ1) is 14.6. The molecular weight excluding hydrogens is 386 g/mol. The van der Waals surface area contributed by atoms with Crippen molar-refractivity contribution in [3.05, 3.63) is 27.4 Å². The summed E-state index contributed by atoms with van der Waals surface area (Å²) in [6.07, 6.45) is 2.05. The Balaban J connectivity index is 2.18. The lowest BCUT2D eigenvalue weighted by molar-refractivity contribution is -0.0249. The van der Waals surface area contributed by atoms with Gasteiger partial charge in [0.25, 0.3) is 0 Å². The third-order valence-corrected chi connectivity index (χ3v) is 6.21. The summed E-state index contributed by atoms with van der Waals surface area (Å²) in [6, 6.07) is 2.86. The van der Waals surface area contributed by atoms with Crippen molar-refractivity contribution in [1.29, 1.82) is 0 Å². The molecule has 0 radical (unpaired) electrons. The highest BCUT2D eigenvalue weighted by Crippen LogP contribution is 2.50. The standard InChI is InChI=1S/C13H14Br2ClFO/c1-3-13(2)11(15)6-12(13)18-10-5-9(17)8(16)4-7(10)14/h4-5,11-12H,3,6H2,1-2H3. The SMILES string of the molecule is CCC1(C)C(Br)CC1Oc1cc(F)c(Cl)cc1Br. The van der Waals surface area contributed by atoms with Crippen LogP contribution in [-0.4, -0.2) is 10.9 Å². The van der Waals surface area contributed by atoms with E-state index < -0.39 is 5.82 Å². The number of rotatable bonds is 3. The van der Waals surface area contributed by atoms with Crippen LogP contribution in [0, 0.1) is 11.2 Å². The molecule has 0 bridgehead atoms. The largest absolute Gasteiger partial charge is 0.488 e. The lowest BCUT2D eigenvalue weighted by Gasteiger charge is -2.50. The van der Waals surface area contributed by atoms with E-state index in [0.717, 1.165) is 12.8 Å². The number of benzene rings is 1. The smallest absolute Gasteiger partial charge is 0.145 e. The molecule has 0 saturated heterocycles. The van der Waals surface area contributed by atoms with Gasteiger partial charge in [-0.2, -0.15) is 0 Å². The van der Waals surface area contributed by atoms with Gasteiger partial charge in [-0.1, -0.05) is 41.4 Å². The summed E-state index contributed by atoms with van der Waals surface area (Å²) in [4.78, 5) is 0.455. The monoisotopic (exact) mass is 398 g/mol. The first-order valence-corrected chi connectivity index (χ1v) is 7.92. The first-order chi connectivity index (χ1) is 8.38. The van der Waals surface area contributed by atoms with Gasteiger partial charge in [-0.3, -0.25) is 0 Å². The molecule has 1 aromatic carbocycles. The van der Waals surface area contributed by atoms with Crippen LogP contribution in [0.3, 0.4) is 0 Å². The Hall–Kier alpha value is 0.200. The van der Waals surface area contributed by atoms with Gasteiger partial charge < -0.3 is 4.74 Å². The molecule has 0 spiro atoms. The molecule has 100 valence electrons. The molecule has 5 heteroatoms. The number of halogens is 4. The molecular formula is C13H14Br2ClFO. The molecule has 0 amide bonds. The second kappa shape index (κ2) is 5.29. The Labute approximate surface area is 128 Å². The Morgan fingerprint density at radius 2 is 2.22 bits per heavy atom. The third kappa shape index (κ3) is 2.44. The fourth-order valence-corrected chi connectivity index (χ4v) is 3.84. The number of ether oxygens (including phenoxy) is 1. The molecule has 3 atom stereocenters. The van der Waals surface area contributed by atoms with Crippen molar-refractivity contribution in [2.75, 3.05) is 0 Å². The molecule has 1 nitrogen and oxygen atoms in total. The van der Waals surface area contributed by atoms with Gasteiger partial charge in [-0.15, -0.1) is 0 Å². The van der Waals surface area contributed by atoms with Crippen LogP contribution in [0.4, 0.5) is 4.39 Å². The molecule has 0 N–H and O–H groups in total. The molecule has 18 heavy (non-hydrogen) atoms. The van der Waals surface area contributed by atoms with Crippen LogP contribution in [0.25, 0.3) is 0 Å². The average molecular weight is 401 g/mol. The lowest BCUT2D eigenvalue weighted by atomic mass is 9.65. The zero-order valence-electron chi connectivity index (χ0n) is 10.1. The Kier molecular flexibility index (Phi) is 4.30. The van der Waals surface area contributed by atoms with Crippen LogP contribution in [0.5, 0.6) is 5.75 Å². The number of hydrogen-bond acceptors (Lipinski definition) is 1. The highest BCUT2D eigenvalue weighted by atomic mass is 79.9. The maximum atomic E-state index is 13.4. The fraction of sp³-hybridized carbons (Fsp3) is 0.538. The van der Waals surface area contributed by atoms with Gasteiger partial charge >= 0.3 is 0 Å². The van der Waals surface area contributed by atoms with Crippen LogP contribution in [0.15, 0.2) is 16.6 Å². The van der Waals surface area contributed by atoms with E-state index in [9.17, 15) is 4.39 Å². The quantitative estimate of drug-likeness (QED) is 0.476. The maximum absolute atomic E-state index is 13.4. The first-order valence-electron chi connectivity index (χ1n) is 5.83. The molecule has 1 fully saturated rings. The van der Waals surface area contributed by atoms with Crippen molar-refractivity contribution in [2.45, 2.75) is 37.6 Å². The van der Waals surface area contributed by atoms with Crippen LogP contribution in [0.2, 0.25) is 5.02 Å². The molecule has 1 aliphatic rings. The van der Waals surface area contributed by atoms with E-state index in [1.165, 1.54) is 12.1 Å². The summed E-state index contributed by atoms with van der Waals surface area (Å²) < 4.78 is 20.0.